The molecule has 3 nitrogen and oxygen atoms in total. The van der Waals surface area contributed by atoms with E-state index in [-0.39, 0.29) is 6.61 Å². The first-order valence-electron chi connectivity index (χ1n) is 8.87. The molecule has 0 aromatic heterocycles. The molecule has 0 amide bonds. The molecule has 1 aromatic rings. The summed E-state index contributed by atoms with van der Waals surface area (Å²) in [6.45, 7) is 3.57. The van der Waals surface area contributed by atoms with Crippen molar-refractivity contribution in [1.29, 1.82) is 0 Å². The van der Waals surface area contributed by atoms with Crippen LogP contribution in [-0.2, 0) is 11.2 Å². The molecule has 0 fully saturated rings. The van der Waals surface area contributed by atoms with Crippen molar-refractivity contribution in [2.45, 2.75) is 58.3 Å². The quantitative estimate of drug-likeness (QED) is 0.482. The third-order valence-corrected chi connectivity index (χ3v) is 4.16. The monoisotopic (exact) mass is 342 g/mol. The predicted octanol–water partition coefficient (Wildman–Crippen LogP) is 5.02. The molecule has 1 rings (SSSR count). The number of aryl methyl sites for hydroxylation is 1. The molecule has 0 heterocycles. The largest absolute Gasteiger partial charge is 0.491 e. The number of ether oxygens (including phenoxy) is 2. The van der Waals surface area contributed by atoms with E-state index in [1.165, 1.54) is 50.5 Å². The van der Waals surface area contributed by atoms with Gasteiger partial charge in [0.1, 0.15) is 12.4 Å². The lowest BCUT2D eigenvalue weighted by atomic mass is 10.0. The van der Waals surface area contributed by atoms with Crippen molar-refractivity contribution in [3.8, 4) is 5.75 Å². The second-order valence-electron chi connectivity index (χ2n) is 5.81. The van der Waals surface area contributed by atoms with Crippen molar-refractivity contribution in [2.75, 3.05) is 26.4 Å². The van der Waals surface area contributed by atoms with Gasteiger partial charge in [0.15, 0.2) is 0 Å². The van der Waals surface area contributed by atoms with E-state index in [1.54, 1.807) is 0 Å². The Morgan fingerprint density at radius 2 is 1.70 bits per heavy atom. The van der Waals surface area contributed by atoms with Gasteiger partial charge in [-0.15, -0.1) is 0 Å². The lowest BCUT2D eigenvalue weighted by Crippen LogP contribution is -2.09. The highest BCUT2D eigenvalue weighted by molar-refractivity contribution is 6.31. The lowest BCUT2D eigenvalue weighted by molar-refractivity contribution is 0.0705. The number of unbranched alkanes of at least 4 members (excludes halogenated alkanes) is 6. The lowest BCUT2D eigenvalue weighted by Gasteiger charge is -2.09. The van der Waals surface area contributed by atoms with E-state index in [4.69, 9.17) is 26.2 Å². The van der Waals surface area contributed by atoms with E-state index >= 15 is 0 Å². The van der Waals surface area contributed by atoms with E-state index < -0.39 is 0 Å². The summed E-state index contributed by atoms with van der Waals surface area (Å²) in [7, 11) is 0. The molecular formula is C19H31ClO3. The van der Waals surface area contributed by atoms with Gasteiger partial charge in [0.05, 0.1) is 19.8 Å². The Morgan fingerprint density at radius 1 is 0.957 bits per heavy atom. The second-order valence-corrected chi connectivity index (χ2v) is 6.22. The average Bonchev–Trinajstić information content (AvgIpc) is 2.55. The third kappa shape index (κ3) is 9.85. The highest BCUT2D eigenvalue weighted by Crippen LogP contribution is 2.24. The Labute approximate surface area is 146 Å². The third-order valence-electron chi connectivity index (χ3n) is 3.81. The van der Waals surface area contributed by atoms with Crippen LogP contribution < -0.4 is 4.74 Å². The van der Waals surface area contributed by atoms with Crippen molar-refractivity contribution < 1.29 is 14.6 Å². The predicted molar refractivity (Wildman–Crippen MR) is 96.5 cm³/mol. The van der Waals surface area contributed by atoms with Crippen molar-refractivity contribution in [2.24, 2.45) is 0 Å². The summed E-state index contributed by atoms with van der Waals surface area (Å²) in [5.41, 5.74) is 1.20. The molecular weight excluding hydrogens is 312 g/mol. The van der Waals surface area contributed by atoms with Gasteiger partial charge in [-0.2, -0.15) is 0 Å². The molecule has 0 saturated heterocycles. The topological polar surface area (TPSA) is 38.7 Å². The fourth-order valence-corrected chi connectivity index (χ4v) is 2.74. The van der Waals surface area contributed by atoms with Gasteiger partial charge >= 0.3 is 0 Å². The van der Waals surface area contributed by atoms with E-state index in [0.717, 1.165) is 17.2 Å². The molecule has 0 unspecified atom stereocenters. The van der Waals surface area contributed by atoms with Gasteiger partial charge in [0, 0.05) is 5.02 Å². The molecule has 1 N–H and O–H groups in total. The maximum Gasteiger partial charge on any atom is 0.120 e. The number of hydrogen-bond donors (Lipinski definition) is 1. The van der Waals surface area contributed by atoms with Crippen LogP contribution in [0, 0.1) is 0 Å². The highest BCUT2D eigenvalue weighted by atomic mass is 35.5. The number of rotatable bonds is 14. The van der Waals surface area contributed by atoms with E-state index in [2.05, 4.69) is 13.0 Å². The average molecular weight is 343 g/mol. The van der Waals surface area contributed by atoms with E-state index in [1.807, 2.05) is 12.1 Å². The minimum atomic E-state index is 0.0408. The van der Waals surface area contributed by atoms with Crippen LogP contribution in [0.1, 0.15) is 57.4 Å². The first kappa shape index (κ1) is 20.3. The molecule has 1 aromatic carbocycles. The second kappa shape index (κ2) is 13.6. The van der Waals surface area contributed by atoms with Crippen molar-refractivity contribution in [1.82, 2.24) is 0 Å². The first-order valence-corrected chi connectivity index (χ1v) is 9.25. The Bertz CT molecular complexity index is 410. The molecule has 0 aliphatic heterocycles. The first-order chi connectivity index (χ1) is 11.3. The number of benzene rings is 1. The zero-order valence-corrected chi connectivity index (χ0v) is 15.1. The van der Waals surface area contributed by atoms with Crippen LogP contribution in [0.5, 0.6) is 5.75 Å². The molecule has 23 heavy (non-hydrogen) atoms. The van der Waals surface area contributed by atoms with Crippen LogP contribution >= 0.6 is 11.6 Å². The van der Waals surface area contributed by atoms with E-state index in [9.17, 15) is 0 Å². The van der Waals surface area contributed by atoms with Crippen LogP contribution in [0.3, 0.4) is 0 Å². The molecule has 0 bridgehead atoms. The summed E-state index contributed by atoms with van der Waals surface area (Å²) in [5.74, 6) is 0.769. The summed E-state index contributed by atoms with van der Waals surface area (Å²) in [4.78, 5) is 0. The maximum atomic E-state index is 8.61. The molecule has 132 valence electrons. The van der Waals surface area contributed by atoms with Gasteiger partial charge in [-0.05, 0) is 30.5 Å². The van der Waals surface area contributed by atoms with Crippen LogP contribution in [0.2, 0.25) is 5.02 Å². The smallest absolute Gasteiger partial charge is 0.120 e. The normalized spacial score (nSPS) is 10.9. The van der Waals surface area contributed by atoms with Gasteiger partial charge in [0.2, 0.25) is 0 Å². The molecule has 4 heteroatoms. The minimum Gasteiger partial charge on any atom is -0.491 e. The van der Waals surface area contributed by atoms with Crippen LogP contribution in [-0.4, -0.2) is 31.5 Å². The Hall–Kier alpha value is -0.770. The van der Waals surface area contributed by atoms with Gasteiger partial charge in [-0.3, -0.25) is 0 Å². The number of aliphatic hydroxyl groups excluding tert-OH is 1. The fraction of sp³-hybridized carbons (Fsp3) is 0.684. The number of halogens is 1. The summed E-state index contributed by atoms with van der Waals surface area (Å²) in [5, 5.41) is 9.39. The molecule has 0 radical (unpaired) electrons. The molecule has 0 aliphatic carbocycles. The summed E-state index contributed by atoms with van der Waals surface area (Å²) in [6, 6.07) is 5.90. The SMILES string of the molecule is CCCCCCCCCc1ccc(OCCOCCO)cc1Cl. The Morgan fingerprint density at radius 3 is 2.39 bits per heavy atom. The van der Waals surface area contributed by atoms with Crippen molar-refractivity contribution >= 4 is 11.6 Å². The summed E-state index contributed by atoms with van der Waals surface area (Å²) >= 11 is 6.33. The van der Waals surface area contributed by atoms with Gasteiger partial charge in [0.25, 0.3) is 0 Å². The van der Waals surface area contributed by atoms with Crippen molar-refractivity contribution in [3.63, 3.8) is 0 Å². The molecule has 0 spiro atoms. The Balaban J connectivity index is 2.19. The maximum absolute atomic E-state index is 8.61. The van der Waals surface area contributed by atoms with Gasteiger partial charge in [-0.25, -0.2) is 0 Å². The van der Waals surface area contributed by atoms with Crippen LogP contribution in [0.25, 0.3) is 0 Å². The zero-order chi connectivity index (χ0) is 16.8. The Kier molecular flexibility index (Phi) is 12.0. The van der Waals surface area contributed by atoms with Gasteiger partial charge < -0.3 is 14.6 Å². The summed E-state index contributed by atoms with van der Waals surface area (Å²) in [6.07, 6.45) is 10.2. The highest BCUT2D eigenvalue weighted by Gasteiger charge is 2.03. The fourth-order valence-electron chi connectivity index (χ4n) is 2.48. The standard InChI is InChI=1S/C19H31ClO3/c1-2-3-4-5-6-7-8-9-17-10-11-18(16-19(17)20)23-15-14-22-13-12-21/h10-11,16,21H,2-9,12-15H2,1H3. The van der Waals surface area contributed by atoms with Crippen LogP contribution in [0.15, 0.2) is 18.2 Å². The molecule has 0 saturated carbocycles. The zero-order valence-electron chi connectivity index (χ0n) is 14.4. The van der Waals surface area contributed by atoms with Crippen LogP contribution in [0.4, 0.5) is 0 Å². The van der Waals surface area contributed by atoms with Gasteiger partial charge in [-0.1, -0.05) is 63.1 Å². The number of aliphatic hydroxyl groups is 1. The number of hydrogen-bond acceptors (Lipinski definition) is 3. The molecule has 0 aliphatic rings. The molecule has 0 atom stereocenters. The minimum absolute atomic E-state index is 0.0408. The summed E-state index contributed by atoms with van der Waals surface area (Å²) < 4.78 is 10.7. The van der Waals surface area contributed by atoms with Crippen molar-refractivity contribution in [3.05, 3.63) is 28.8 Å². The van der Waals surface area contributed by atoms with E-state index in [0.29, 0.717) is 19.8 Å².